The first-order valence-electron chi connectivity index (χ1n) is 6.55. The van der Waals surface area contributed by atoms with E-state index >= 15 is 0 Å². The summed E-state index contributed by atoms with van der Waals surface area (Å²) in [5.41, 5.74) is 2.13. The van der Waals surface area contributed by atoms with Gasteiger partial charge in [0, 0.05) is 14.2 Å². The largest absolute Gasteiger partial charge is 0.481 e. The average Bonchev–Trinajstić information content (AvgIpc) is 2.87. The van der Waals surface area contributed by atoms with E-state index in [4.69, 9.17) is 9.84 Å². The average molecular weight is 312 g/mol. The molecule has 0 aliphatic rings. The zero-order valence-electron chi connectivity index (χ0n) is 12.9. The summed E-state index contributed by atoms with van der Waals surface area (Å²) >= 11 is 1.21. The molecular weight excluding hydrogens is 292 g/mol. The lowest BCUT2D eigenvalue weighted by molar-refractivity contribution is -0.133. The van der Waals surface area contributed by atoms with Gasteiger partial charge >= 0.3 is 5.97 Å². The second kappa shape index (κ2) is 5.69. The molecule has 116 valence electrons. The second-order valence-electron chi connectivity index (χ2n) is 5.51. The highest BCUT2D eigenvalue weighted by Gasteiger charge is 2.24. The number of carboxylic acid groups (broad SMARTS) is 1. The van der Waals surface area contributed by atoms with Crippen molar-refractivity contribution < 1.29 is 14.6 Å². The van der Waals surface area contributed by atoms with E-state index in [1.807, 2.05) is 32.4 Å². The Bertz CT molecular complexity index is 675. The van der Waals surface area contributed by atoms with Crippen molar-refractivity contribution in [3.8, 4) is 0 Å². The Morgan fingerprint density at radius 2 is 2.14 bits per heavy atom. The first kappa shape index (κ1) is 15.8. The number of thioether (sulfide) groups is 1. The SMILES string of the molecule is COC(C)(C)Cn1c(SCC(=O)O)nc2c(C)nn(C)c21. The van der Waals surface area contributed by atoms with Gasteiger partial charge in [-0.05, 0) is 20.8 Å². The molecule has 2 heterocycles. The summed E-state index contributed by atoms with van der Waals surface area (Å²) in [6, 6.07) is 0. The molecular formula is C13H20N4O3S. The highest BCUT2D eigenvalue weighted by molar-refractivity contribution is 7.99. The van der Waals surface area contributed by atoms with Gasteiger partial charge in [-0.1, -0.05) is 11.8 Å². The molecule has 0 spiro atoms. The number of aromatic nitrogens is 4. The molecule has 0 radical (unpaired) electrons. The number of nitrogens with zero attached hydrogens (tertiary/aromatic N) is 4. The van der Waals surface area contributed by atoms with Gasteiger partial charge in [0.2, 0.25) is 0 Å². The third-order valence-electron chi connectivity index (χ3n) is 3.27. The van der Waals surface area contributed by atoms with Gasteiger partial charge in [-0.25, -0.2) is 4.98 Å². The van der Waals surface area contributed by atoms with Gasteiger partial charge in [-0.15, -0.1) is 0 Å². The standard InChI is InChI=1S/C13H20N4O3S/c1-8-10-11(16(4)15-8)17(7-13(2,3)20-5)12(14-10)21-6-9(18)19/h6-7H2,1-5H3,(H,18,19). The highest BCUT2D eigenvalue weighted by Crippen LogP contribution is 2.28. The Kier molecular flexibility index (Phi) is 4.29. The third-order valence-corrected chi connectivity index (χ3v) is 4.23. The molecule has 0 saturated heterocycles. The van der Waals surface area contributed by atoms with Crippen LogP contribution in [0, 0.1) is 6.92 Å². The summed E-state index contributed by atoms with van der Waals surface area (Å²) < 4.78 is 9.23. The van der Waals surface area contributed by atoms with Crippen molar-refractivity contribution in [3.05, 3.63) is 5.69 Å². The summed E-state index contributed by atoms with van der Waals surface area (Å²) in [4.78, 5) is 15.4. The van der Waals surface area contributed by atoms with Crippen molar-refractivity contribution in [1.82, 2.24) is 19.3 Å². The zero-order valence-corrected chi connectivity index (χ0v) is 13.7. The maximum Gasteiger partial charge on any atom is 0.313 e. The van der Waals surface area contributed by atoms with Crippen LogP contribution in [0.4, 0.5) is 0 Å². The van der Waals surface area contributed by atoms with E-state index in [1.54, 1.807) is 11.8 Å². The quantitative estimate of drug-likeness (QED) is 0.817. The number of carbonyl (C=O) groups is 1. The van der Waals surface area contributed by atoms with Gasteiger partial charge in [0.25, 0.3) is 0 Å². The molecule has 2 aromatic rings. The minimum absolute atomic E-state index is 0.0246. The fraction of sp³-hybridized carbons (Fsp3) is 0.615. The van der Waals surface area contributed by atoms with Crippen LogP contribution in [0.2, 0.25) is 0 Å². The number of methoxy groups -OCH3 is 1. The second-order valence-corrected chi connectivity index (χ2v) is 6.45. The van der Waals surface area contributed by atoms with Crippen LogP contribution in [0.25, 0.3) is 11.2 Å². The monoisotopic (exact) mass is 312 g/mol. The van der Waals surface area contributed by atoms with Gasteiger partial charge in [-0.2, -0.15) is 5.10 Å². The van der Waals surface area contributed by atoms with Crippen molar-refractivity contribution in [2.75, 3.05) is 12.9 Å². The molecule has 1 N–H and O–H groups in total. The van der Waals surface area contributed by atoms with Crippen molar-refractivity contribution >= 4 is 28.9 Å². The van der Waals surface area contributed by atoms with Crippen molar-refractivity contribution in [2.45, 2.75) is 38.1 Å². The predicted molar refractivity (Wildman–Crippen MR) is 80.7 cm³/mol. The molecule has 0 saturated carbocycles. The minimum atomic E-state index is -0.862. The summed E-state index contributed by atoms with van der Waals surface area (Å²) in [5.74, 6) is -0.886. The van der Waals surface area contributed by atoms with E-state index < -0.39 is 5.97 Å². The molecule has 2 rings (SSSR count). The summed E-state index contributed by atoms with van der Waals surface area (Å²) in [5, 5.41) is 13.9. The molecule has 0 fully saturated rings. The fourth-order valence-electron chi connectivity index (χ4n) is 2.14. The fourth-order valence-corrected chi connectivity index (χ4v) is 2.85. The van der Waals surface area contributed by atoms with Gasteiger partial charge in [0.15, 0.2) is 10.8 Å². The molecule has 0 amide bonds. The van der Waals surface area contributed by atoms with E-state index in [-0.39, 0.29) is 11.4 Å². The van der Waals surface area contributed by atoms with E-state index in [2.05, 4.69) is 10.1 Å². The molecule has 0 aliphatic carbocycles. The number of hydrogen-bond donors (Lipinski definition) is 1. The third kappa shape index (κ3) is 3.21. The molecule has 0 bridgehead atoms. The Morgan fingerprint density at radius 1 is 1.48 bits per heavy atom. The van der Waals surface area contributed by atoms with Gasteiger partial charge in [-0.3, -0.25) is 9.48 Å². The van der Waals surface area contributed by atoms with Crippen LogP contribution in [0.3, 0.4) is 0 Å². The number of rotatable bonds is 6. The van der Waals surface area contributed by atoms with Crippen molar-refractivity contribution in [1.29, 1.82) is 0 Å². The highest BCUT2D eigenvalue weighted by atomic mass is 32.2. The maximum atomic E-state index is 10.8. The van der Waals surface area contributed by atoms with Crippen LogP contribution in [0.5, 0.6) is 0 Å². The van der Waals surface area contributed by atoms with Crippen LogP contribution in [-0.4, -0.2) is 48.9 Å². The summed E-state index contributed by atoms with van der Waals surface area (Å²) in [6.07, 6.45) is 0. The predicted octanol–water partition coefficient (Wildman–Crippen LogP) is 1.68. The Hall–Kier alpha value is -1.54. The smallest absolute Gasteiger partial charge is 0.313 e. The lowest BCUT2D eigenvalue weighted by Gasteiger charge is -2.24. The van der Waals surface area contributed by atoms with Gasteiger partial charge in [0.1, 0.15) is 5.52 Å². The van der Waals surface area contributed by atoms with E-state index in [9.17, 15) is 4.79 Å². The number of aliphatic carboxylic acids is 1. The van der Waals surface area contributed by atoms with Crippen LogP contribution >= 0.6 is 11.8 Å². The van der Waals surface area contributed by atoms with Crippen LogP contribution in [0.1, 0.15) is 19.5 Å². The lowest BCUT2D eigenvalue weighted by atomic mass is 10.1. The number of aryl methyl sites for hydroxylation is 2. The molecule has 0 aliphatic heterocycles. The van der Waals surface area contributed by atoms with Gasteiger partial charge in [0.05, 0.1) is 23.6 Å². The van der Waals surface area contributed by atoms with Crippen molar-refractivity contribution in [3.63, 3.8) is 0 Å². The molecule has 2 aromatic heterocycles. The number of fused-ring (bicyclic) bond motifs is 1. The Balaban J connectivity index is 2.50. The Morgan fingerprint density at radius 3 is 2.71 bits per heavy atom. The molecule has 21 heavy (non-hydrogen) atoms. The van der Waals surface area contributed by atoms with Crippen molar-refractivity contribution in [2.24, 2.45) is 7.05 Å². The lowest BCUT2D eigenvalue weighted by Crippen LogP contribution is -2.29. The van der Waals surface area contributed by atoms with Crippen LogP contribution in [-0.2, 0) is 23.1 Å². The summed E-state index contributed by atoms with van der Waals surface area (Å²) in [7, 11) is 3.52. The number of hydrogen-bond acceptors (Lipinski definition) is 5. The van der Waals surface area contributed by atoms with Crippen LogP contribution < -0.4 is 0 Å². The molecule has 0 atom stereocenters. The maximum absolute atomic E-state index is 10.8. The normalized spacial score (nSPS) is 12.2. The summed E-state index contributed by atoms with van der Waals surface area (Å²) in [6.45, 7) is 6.43. The first-order valence-corrected chi connectivity index (χ1v) is 7.53. The van der Waals surface area contributed by atoms with E-state index in [1.165, 1.54) is 11.8 Å². The molecule has 0 aromatic carbocycles. The first-order chi connectivity index (χ1) is 9.75. The van der Waals surface area contributed by atoms with Gasteiger partial charge < -0.3 is 14.4 Å². The number of ether oxygens (including phenoxy) is 1. The minimum Gasteiger partial charge on any atom is -0.481 e. The van der Waals surface area contributed by atoms with E-state index in [0.717, 1.165) is 16.9 Å². The number of imidazole rings is 1. The zero-order chi connectivity index (χ0) is 15.8. The van der Waals surface area contributed by atoms with E-state index in [0.29, 0.717) is 11.7 Å². The van der Waals surface area contributed by atoms with Crippen LogP contribution in [0.15, 0.2) is 5.16 Å². The topological polar surface area (TPSA) is 82.2 Å². The molecule has 8 heteroatoms. The molecule has 0 unspecified atom stereocenters. The molecule has 7 nitrogen and oxygen atoms in total. The Labute approximate surface area is 127 Å². The number of carboxylic acids is 1.